The maximum atomic E-state index is 5.15. The summed E-state index contributed by atoms with van der Waals surface area (Å²) in [5, 5.41) is 6.76. The number of thiazole rings is 1. The van der Waals surface area contributed by atoms with Crippen LogP contribution in [0.4, 0.5) is 0 Å². The second-order valence-electron chi connectivity index (χ2n) is 5.85. The minimum absolute atomic E-state index is 0.138. The number of aromatic nitrogens is 1. The van der Waals surface area contributed by atoms with Crippen LogP contribution in [0.15, 0.2) is 29.6 Å². The number of ether oxygens (including phenoxy) is 1. The molecule has 1 aromatic carbocycles. The summed E-state index contributed by atoms with van der Waals surface area (Å²) in [7, 11) is 1.68. The van der Waals surface area contributed by atoms with Gasteiger partial charge in [0.15, 0.2) is 0 Å². The zero-order valence-corrected chi connectivity index (χ0v) is 13.4. The van der Waals surface area contributed by atoms with Crippen molar-refractivity contribution >= 4 is 11.3 Å². The van der Waals surface area contributed by atoms with Gasteiger partial charge in [-0.1, -0.05) is 32.9 Å². The highest BCUT2D eigenvalue weighted by atomic mass is 32.1. The van der Waals surface area contributed by atoms with E-state index in [0.29, 0.717) is 0 Å². The highest BCUT2D eigenvalue weighted by molar-refractivity contribution is 7.09. The Morgan fingerprint density at radius 1 is 1.15 bits per heavy atom. The number of hydrogen-bond acceptors (Lipinski definition) is 4. The van der Waals surface area contributed by atoms with E-state index >= 15 is 0 Å². The molecule has 4 heteroatoms. The zero-order chi connectivity index (χ0) is 14.6. The second-order valence-corrected chi connectivity index (χ2v) is 6.70. The Labute approximate surface area is 125 Å². The van der Waals surface area contributed by atoms with E-state index in [2.05, 4.69) is 48.6 Å². The zero-order valence-electron chi connectivity index (χ0n) is 12.6. The normalized spacial score (nSPS) is 11.6. The van der Waals surface area contributed by atoms with Crippen LogP contribution in [0.1, 0.15) is 37.0 Å². The van der Waals surface area contributed by atoms with Crippen molar-refractivity contribution in [2.24, 2.45) is 0 Å². The van der Waals surface area contributed by atoms with Gasteiger partial charge in [0.1, 0.15) is 5.75 Å². The minimum atomic E-state index is 0.138. The number of nitrogens with zero attached hydrogens (tertiary/aromatic N) is 1. The number of hydrogen-bond donors (Lipinski definition) is 1. The Kier molecular flexibility index (Phi) is 4.78. The van der Waals surface area contributed by atoms with Gasteiger partial charge in [0.2, 0.25) is 0 Å². The van der Waals surface area contributed by atoms with Gasteiger partial charge < -0.3 is 10.1 Å². The van der Waals surface area contributed by atoms with Crippen LogP contribution < -0.4 is 10.1 Å². The van der Waals surface area contributed by atoms with Crippen LogP contribution in [0.25, 0.3) is 0 Å². The molecule has 1 aromatic heterocycles. The monoisotopic (exact) mass is 290 g/mol. The molecule has 0 saturated carbocycles. The molecule has 0 spiro atoms. The molecule has 0 aliphatic rings. The molecule has 0 fully saturated rings. The van der Waals surface area contributed by atoms with Crippen molar-refractivity contribution in [3.8, 4) is 5.75 Å². The largest absolute Gasteiger partial charge is 0.497 e. The molecule has 3 nitrogen and oxygen atoms in total. The SMILES string of the molecule is COc1ccc(CNCc2csc(C(C)(C)C)n2)cc1. The van der Waals surface area contributed by atoms with E-state index in [9.17, 15) is 0 Å². The van der Waals surface area contributed by atoms with Crippen molar-refractivity contribution in [1.29, 1.82) is 0 Å². The van der Waals surface area contributed by atoms with Gasteiger partial charge in [-0.05, 0) is 17.7 Å². The minimum Gasteiger partial charge on any atom is -0.497 e. The molecule has 1 heterocycles. The first kappa shape index (κ1) is 15.0. The quantitative estimate of drug-likeness (QED) is 0.911. The molecule has 2 aromatic rings. The highest BCUT2D eigenvalue weighted by Gasteiger charge is 2.17. The lowest BCUT2D eigenvalue weighted by molar-refractivity contribution is 0.414. The van der Waals surface area contributed by atoms with E-state index in [0.717, 1.165) is 24.5 Å². The molecule has 0 atom stereocenters. The van der Waals surface area contributed by atoms with E-state index in [1.165, 1.54) is 10.6 Å². The Bertz CT molecular complexity index is 540. The molecule has 0 unspecified atom stereocenters. The van der Waals surface area contributed by atoms with Crippen LogP contribution in [-0.2, 0) is 18.5 Å². The Morgan fingerprint density at radius 2 is 1.85 bits per heavy atom. The maximum absolute atomic E-state index is 5.15. The average molecular weight is 290 g/mol. The Balaban J connectivity index is 1.84. The molecule has 0 bridgehead atoms. The van der Waals surface area contributed by atoms with Crippen LogP contribution in [-0.4, -0.2) is 12.1 Å². The number of methoxy groups -OCH3 is 1. The Morgan fingerprint density at radius 3 is 2.40 bits per heavy atom. The fraction of sp³-hybridized carbons (Fsp3) is 0.438. The molecule has 0 amide bonds. The third-order valence-corrected chi connectivity index (χ3v) is 4.30. The van der Waals surface area contributed by atoms with Crippen molar-refractivity contribution < 1.29 is 4.74 Å². The van der Waals surface area contributed by atoms with Crippen LogP contribution in [0.2, 0.25) is 0 Å². The van der Waals surface area contributed by atoms with Crippen molar-refractivity contribution in [2.45, 2.75) is 39.3 Å². The summed E-state index contributed by atoms with van der Waals surface area (Å²) in [6, 6.07) is 8.12. The van der Waals surface area contributed by atoms with Gasteiger partial charge >= 0.3 is 0 Å². The van der Waals surface area contributed by atoms with Gasteiger partial charge in [-0.3, -0.25) is 0 Å². The van der Waals surface area contributed by atoms with Crippen molar-refractivity contribution in [2.75, 3.05) is 7.11 Å². The molecule has 1 N–H and O–H groups in total. The molecule has 108 valence electrons. The van der Waals surface area contributed by atoms with Gasteiger partial charge in [0, 0.05) is 23.9 Å². The molecule has 0 radical (unpaired) electrons. The molecule has 0 aliphatic carbocycles. The molecule has 0 aliphatic heterocycles. The predicted molar refractivity (Wildman–Crippen MR) is 84.4 cm³/mol. The van der Waals surface area contributed by atoms with Crippen LogP contribution in [0, 0.1) is 0 Å². The standard InChI is InChI=1S/C16H22N2OS/c1-16(2,3)15-18-13(11-20-15)10-17-9-12-5-7-14(19-4)8-6-12/h5-8,11,17H,9-10H2,1-4H3. The summed E-state index contributed by atoms with van der Waals surface area (Å²) in [6.07, 6.45) is 0. The average Bonchev–Trinajstić information content (AvgIpc) is 2.88. The summed E-state index contributed by atoms with van der Waals surface area (Å²) in [5.74, 6) is 0.892. The Hall–Kier alpha value is -1.39. The van der Waals surface area contributed by atoms with Crippen molar-refractivity contribution in [1.82, 2.24) is 10.3 Å². The molecule has 0 saturated heterocycles. The van der Waals surface area contributed by atoms with Crippen molar-refractivity contribution in [3.05, 3.63) is 45.9 Å². The number of benzene rings is 1. The molecular formula is C16H22N2OS. The number of rotatable bonds is 5. The summed E-state index contributed by atoms with van der Waals surface area (Å²) >= 11 is 1.74. The molecular weight excluding hydrogens is 268 g/mol. The summed E-state index contributed by atoms with van der Waals surface area (Å²) < 4.78 is 5.15. The van der Waals surface area contributed by atoms with E-state index in [-0.39, 0.29) is 5.41 Å². The van der Waals surface area contributed by atoms with E-state index in [4.69, 9.17) is 4.74 Å². The van der Waals surface area contributed by atoms with E-state index in [1.807, 2.05) is 12.1 Å². The fourth-order valence-corrected chi connectivity index (χ4v) is 2.72. The summed E-state index contributed by atoms with van der Waals surface area (Å²) in [6.45, 7) is 8.23. The first-order valence-corrected chi connectivity index (χ1v) is 7.65. The van der Waals surface area contributed by atoms with Gasteiger partial charge in [0.05, 0.1) is 17.8 Å². The van der Waals surface area contributed by atoms with E-state index < -0.39 is 0 Å². The highest BCUT2D eigenvalue weighted by Crippen LogP contribution is 2.25. The van der Waals surface area contributed by atoms with Gasteiger partial charge in [-0.25, -0.2) is 4.98 Å². The third-order valence-electron chi connectivity index (χ3n) is 2.99. The summed E-state index contributed by atoms with van der Waals surface area (Å²) in [5.41, 5.74) is 2.50. The maximum Gasteiger partial charge on any atom is 0.118 e. The second kappa shape index (κ2) is 6.37. The first-order chi connectivity index (χ1) is 9.49. The van der Waals surface area contributed by atoms with Crippen molar-refractivity contribution in [3.63, 3.8) is 0 Å². The van der Waals surface area contributed by atoms with Gasteiger partial charge in [-0.15, -0.1) is 11.3 Å². The van der Waals surface area contributed by atoms with Crippen LogP contribution in [0.3, 0.4) is 0 Å². The first-order valence-electron chi connectivity index (χ1n) is 6.77. The fourth-order valence-electron chi connectivity index (χ4n) is 1.81. The van der Waals surface area contributed by atoms with Gasteiger partial charge in [0.25, 0.3) is 0 Å². The molecule has 2 rings (SSSR count). The topological polar surface area (TPSA) is 34.1 Å². The lowest BCUT2D eigenvalue weighted by Gasteiger charge is -2.13. The van der Waals surface area contributed by atoms with E-state index in [1.54, 1.807) is 18.4 Å². The number of nitrogens with one attached hydrogen (secondary N) is 1. The van der Waals surface area contributed by atoms with Crippen LogP contribution >= 0.6 is 11.3 Å². The van der Waals surface area contributed by atoms with Crippen LogP contribution in [0.5, 0.6) is 5.75 Å². The molecule has 20 heavy (non-hydrogen) atoms. The smallest absolute Gasteiger partial charge is 0.118 e. The van der Waals surface area contributed by atoms with Gasteiger partial charge in [-0.2, -0.15) is 0 Å². The lowest BCUT2D eigenvalue weighted by atomic mass is 9.98. The third kappa shape index (κ3) is 4.05. The summed E-state index contributed by atoms with van der Waals surface area (Å²) in [4.78, 5) is 4.68. The predicted octanol–water partition coefficient (Wildman–Crippen LogP) is 3.74. The lowest BCUT2D eigenvalue weighted by Crippen LogP contribution is -2.14.